The monoisotopic (exact) mass is 776 g/mol. The molecule has 15 heteroatoms. The molecule has 3 aliphatic rings. The number of carboxylic acid groups (broad SMARTS) is 1. The van der Waals surface area contributed by atoms with E-state index in [1.54, 1.807) is 30.3 Å². The van der Waals surface area contributed by atoms with Gasteiger partial charge in [-0.25, -0.2) is 18.4 Å². The van der Waals surface area contributed by atoms with Crippen LogP contribution in [0.4, 0.5) is 8.78 Å². The molecule has 3 saturated heterocycles. The second kappa shape index (κ2) is 16.3. The fourth-order valence-corrected chi connectivity index (χ4v) is 8.68. The molecule has 10 nitrogen and oxygen atoms in total. The summed E-state index contributed by atoms with van der Waals surface area (Å²) in [5, 5.41) is 24.0. The molecule has 0 spiro atoms. The van der Waals surface area contributed by atoms with E-state index in [0.29, 0.717) is 45.2 Å². The largest absolute Gasteiger partial charge is 0.493 e. The number of methoxy groups -OCH3 is 2. The summed E-state index contributed by atoms with van der Waals surface area (Å²) in [5.74, 6) is -1.24. The van der Waals surface area contributed by atoms with Gasteiger partial charge in [0, 0.05) is 39.7 Å². The van der Waals surface area contributed by atoms with Crippen molar-refractivity contribution >= 4 is 46.5 Å². The van der Waals surface area contributed by atoms with E-state index < -0.39 is 30.3 Å². The molecule has 3 N–H and O–H groups in total. The lowest BCUT2D eigenvalue weighted by Gasteiger charge is -2.44. The maximum absolute atomic E-state index is 13.8. The number of carbonyl (C=O) groups is 2. The number of benzene rings is 2. The van der Waals surface area contributed by atoms with E-state index in [0.717, 1.165) is 42.0 Å². The number of hydrogen-bond acceptors (Lipinski definition) is 9. The molecule has 3 aliphatic heterocycles. The van der Waals surface area contributed by atoms with Gasteiger partial charge in [0.1, 0.15) is 27.1 Å². The topological polar surface area (TPSA) is 121 Å². The predicted octanol–water partition coefficient (Wildman–Crippen LogP) is 7.08. The number of esters is 1. The fraction of sp³-hybridized carbons (Fsp3) is 0.378. The van der Waals surface area contributed by atoms with Crippen molar-refractivity contribution in [3.63, 3.8) is 0 Å². The Hall–Kier alpha value is -4.01. The summed E-state index contributed by atoms with van der Waals surface area (Å²) in [7, 11) is 3.00. The first-order chi connectivity index (χ1) is 24.9. The molecule has 0 aliphatic carbocycles. The molecular weight excluding hydrogens is 739 g/mol. The van der Waals surface area contributed by atoms with E-state index in [1.165, 1.54) is 44.8 Å². The Bertz CT molecular complexity index is 1920. The first-order valence-electron chi connectivity index (χ1n) is 16.7. The summed E-state index contributed by atoms with van der Waals surface area (Å²) in [6.07, 6.45) is 1.53. The molecule has 3 atom stereocenters. The Kier molecular flexibility index (Phi) is 11.9. The summed E-state index contributed by atoms with van der Waals surface area (Å²) in [5.41, 5.74) is 1.69. The summed E-state index contributed by atoms with van der Waals surface area (Å²) in [6, 6.07) is 11.6. The van der Waals surface area contributed by atoms with Gasteiger partial charge in [-0.3, -0.25) is 15.4 Å². The molecule has 4 aromatic rings. The van der Waals surface area contributed by atoms with E-state index in [2.05, 4.69) is 10.2 Å². The van der Waals surface area contributed by atoms with E-state index in [-0.39, 0.29) is 45.5 Å². The highest BCUT2D eigenvalue weighted by molar-refractivity contribution is 7.14. The van der Waals surface area contributed by atoms with E-state index in [4.69, 9.17) is 37.4 Å². The van der Waals surface area contributed by atoms with Crippen molar-refractivity contribution in [1.82, 2.24) is 10.2 Å². The molecular formula is C37H38Cl2F2N3O7S+. The number of thiophene rings is 1. The first kappa shape index (κ1) is 37.7. The van der Waals surface area contributed by atoms with Gasteiger partial charge in [0.25, 0.3) is 6.43 Å². The first-order valence-corrected chi connectivity index (χ1v) is 18.2. The van der Waals surface area contributed by atoms with Crippen LogP contribution in [0.1, 0.15) is 73.6 Å². The van der Waals surface area contributed by atoms with Gasteiger partial charge in [-0.05, 0) is 79.2 Å². The minimum atomic E-state index is -2.74. The standard InChI is InChI=1S/C37H37Cl2F2N3O7S/c1-49-30-7-6-21(13-31(30)50-2)25(15-27-28(38)17-44(48)18-29(27)39)26-14-24(52-34(26)36(45)46)16-42-33(22-4-3-5-23(12-22)35(40)41)37(47)51-32-19-43-10-8-20(32)9-11-43/h3-7,12-14,17-18,20,25,32-33,35,42H,8-11,15-16,19H2,1-2H3,(H-,45,46,48)/p+1/t25-,32-,33?/m0/s1. The number of rotatable bonds is 14. The van der Waals surface area contributed by atoms with Gasteiger partial charge in [0.05, 0.1) is 14.2 Å². The van der Waals surface area contributed by atoms with Gasteiger partial charge in [-0.2, -0.15) is 0 Å². The number of aromatic carboxylic acids is 1. The van der Waals surface area contributed by atoms with Crippen molar-refractivity contribution in [3.05, 3.63) is 109 Å². The summed E-state index contributed by atoms with van der Waals surface area (Å²) in [6.45, 7) is 2.57. The lowest BCUT2D eigenvalue weighted by molar-refractivity contribution is -0.904. The van der Waals surface area contributed by atoms with Crippen LogP contribution >= 0.6 is 34.5 Å². The van der Waals surface area contributed by atoms with Gasteiger partial charge in [-0.15, -0.1) is 11.3 Å². The second-order valence-electron chi connectivity index (χ2n) is 12.9. The van der Waals surface area contributed by atoms with Gasteiger partial charge in [0.15, 0.2) is 11.5 Å². The number of carboxylic acids is 1. The zero-order chi connectivity index (χ0) is 37.1. The quantitative estimate of drug-likeness (QED) is 0.0702. The summed E-state index contributed by atoms with van der Waals surface area (Å²) in [4.78, 5) is 29.5. The smallest absolute Gasteiger partial charge is 0.346 e. The van der Waals surface area contributed by atoms with E-state index >= 15 is 0 Å². The van der Waals surface area contributed by atoms with Crippen molar-refractivity contribution in [2.75, 3.05) is 33.9 Å². The number of halogens is 4. The predicted molar refractivity (Wildman–Crippen MR) is 190 cm³/mol. The minimum absolute atomic E-state index is 0.0276. The molecule has 7 rings (SSSR count). The highest BCUT2D eigenvalue weighted by atomic mass is 35.5. The third-order valence-electron chi connectivity index (χ3n) is 9.74. The van der Waals surface area contributed by atoms with Crippen molar-refractivity contribution in [2.24, 2.45) is 5.92 Å². The van der Waals surface area contributed by atoms with Gasteiger partial charge >= 0.3 is 11.9 Å². The lowest BCUT2D eigenvalue weighted by Crippen LogP contribution is -2.52. The molecule has 2 aromatic heterocycles. The maximum Gasteiger partial charge on any atom is 0.346 e. The van der Waals surface area contributed by atoms with Crippen LogP contribution in [0.5, 0.6) is 11.5 Å². The second-order valence-corrected chi connectivity index (χ2v) is 14.8. The minimum Gasteiger partial charge on any atom is -0.493 e. The average molecular weight is 778 g/mol. The SMILES string of the molecule is COc1ccc([C@H](Cc2c(Cl)c[n+](O)cc2Cl)c2cc(CNC(C(=O)O[C@H]3CN4CCC3CC4)c3cccc(C(F)F)c3)sc2C(=O)O)cc1OC. The van der Waals surface area contributed by atoms with E-state index in [1.807, 2.05) is 0 Å². The van der Waals surface area contributed by atoms with Crippen LogP contribution in [0.3, 0.4) is 0 Å². The summed E-state index contributed by atoms with van der Waals surface area (Å²) >= 11 is 14.1. The number of ether oxygens (including phenoxy) is 3. The third kappa shape index (κ3) is 8.29. The number of piperidine rings is 3. The van der Waals surface area contributed by atoms with Crippen LogP contribution in [-0.4, -0.2) is 67.1 Å². The molecule has 276 valence electrons. The highest BCUT2D eigenvalue weighted by Crippen LogP contribution is 2.41. The Balaban J connectivity index is 1.35. The van der Waals surface area contributed by atoms with Crippen LogP contribution in [-0.2, 0) is 22.5 Å². The molecule has 2 aromatic carbocycles. The Morgan fingerprint density at radius 2 is 1.69 bits per heavy atom. The van der Waals surface area contributed by atoms with Crippen molar-refractivity contribution < 1.29 is 47.6 Å². The van der Waals surface area contributed by atoms with E-state index in [9.17, 15) is 28.7 Å². The number of alkyl halides is 2. The van der Waals surface area contributed by atoms with Crippen molar-refractivity contribution in [1.29, 1.82) is 0 Å². The number of hydrogen-bond donors (Lipinski definition) is 3. The number of carbonyl (C=O) groups excluding carboxylic acids is 1. The Morgan fingerprint density at radius 3 is 2.31 bits per heavy atom. The highest BCUT2D eigenvalue weighted by Gasteiger charge is 2.38. The van der Waals surface area contributed by atoms with Gasteiger partial charge in [0.2, 0.25) is 12.4 Å². The van der Waals surface area contributed by atoms with Crippen LogP contribution in [0.15, 0.2) is 60.9 Å². The zero-order valence-corrected chi connectivity index (χ0v) is 30.7. The van der Waals surface area contributed by atoms with Crippen molar-refractivity contribution in [2.45, 2.75) is 50.3 Å². The zero-order valence-electron chi connectivity index (χ0n) is 28.4. The Morgan fingerprint density at radius 1 is 1.00 bits per heavy atom. The van der Waals surface area contributed by atoms with Crippen molar-refractivity contribution in [3.8, 4) is 11.5 Å². The average Bonchev–Trinajstić information content (AvgIpc) is 3.56. The molecule has 2 bridgehead atoms. The normalized spacial score (nSPS) is 19.3. The third-order valence-corrected chi connectivity index (χ3v) is 11.5. The molecule has 1 unspecified atom stereocenters. The van der Waals surface area contributed by atoms with Crippen LogP contribution < -0.4 is 19.5 Å². The number of nitrogens with one attached hydrogen (secondary N) is 1. The van der Waals surface area contributed by atoms with Crippen LogP contribution in [0.2, 0.25) is 10.0 Å². The van der Waals surface area contributed by atoms with Gasteiger partial charge < -0.3 is 19.3 Å². The molecule has 52 heavy (non-hydrogen) atoms. The lowest BCUT2D eigenvalue weighted by atomic mass is 9.85. The fourth-order valence-electron chi connectivity index (χ4n) is 7.06. The number of aromatic nitrogens is 1. The van der Waals surface area contributed by atoms with Crippen LogP contribution in [0.25, 0.3) is 0 Å². The number of nitrogens with zero attached hydrogens (tertiary/aromatic N) is 2. The molecule has 3 fully saturated rings. The molecule has 0 amide bonds. The molecule has 5 heterocycles. The summed E-state index contributed by atoms with van der Waals surface area (Å²) < 4.78 is 45.3. The molecule has 0 radical (unpaired) electrons. The van der Waals surface area contributed by atoms with Gasteiger partial charge in [-0.1, -0.05) is 47.5 Å². The Labute approximate surface area is 313 Å². The maximum atomic E-state index is 13.8. The number of fused-ring (bicyclic) bond motifs is 3. The molecule has 0 saturated carbocycles. The van der Waals surface area contributed by atoms with Crippen LogP contribution in [0, 0.1) is 5.92 Å². The number of pyridine rings is 1.